The van der Waals surface area contributed by atoms with Gasteiger partial charge < -0.3 is 15.0 Å². The van der Waals surface area contributed by atoms with Crippen molar-refractivity contribution in [1.82, 2.24) is 4.90 Å². The second-order valence-corrected chi connectivity index (χ2v) is 10.1. The van der Waals surface area contributed by atoms with E-state index in [4.69, 9.17) is 4.74 Å². The van der Waals surface area contributed by atoms with E-state index in [1.165, 1.54) is 10.5 Å². The monoisotopic (exact) mass is 515 g/mol. The van der Waals surface area contributed by atoms with Gasteiger partial charge in [-0.1, -0.05) is 28.1 Å². The van der Waals surface area contributed by atoms with Crippen molar-refractivity contribution in [3.05, 3.63) is 58.1 Å². The lowest BCUT2D eigenvalue weighted by Crippen LogP contribution is -2.50. The van der Waals surface area contributed by atoms with Crippen LogP contribution in [-0.2, 0) is 17.6 Å². The minimum absolute atomic E-state index is 0.291. The average Bonchev–Trinajstić information content (AvgIpc) is 2.75. The second kappa shape index (κ2) is 10.6. The van der Waals surface area contributed by atoms with Crippen molar-refractivity contribution in [2.24, 2.45) is 0 Å². The quantitative estimate of drug-likeness (QED) is 0.485. The lowest BCUT2D eigenvalue weighted by molar-refractivity contribution is 0.0255. The van der Waals surface area contributed by atoms with Crippen molar-refractivity contribution in [3.63, 3.8) is 0 Å². The summed E-state index contributed by atoms with van der Waals surface area (Å²) in [4.78, 5) is 30.0. The number of rotatable bonds is 5. The molecule has 0 radical (unpaired) electrons. The summed E-state index contributed by atoms with van der Waals surface area (Å²) in [5.74, 6) is 0. The molecule has 3 rings (SSSR count). The summed E-state index contributed by atoms with van der Waals surface area (Å²) in [7, 11) is 0. The molecule has 33 heavy (non-hydrogen) atoms. The molecule has 0 saturated carbocycles. The number of hydrogen-bond donors (Lipinski definition) is 1. The number of anilines is 2. The van der Waals surface area contributed by atoms with E-state index >= 15 is 0 Å². The lowest BCUT2D eigenvalue weighted by atomic mass is 9.87. The van der Waals surface area contributed by atoms with Crippen LogP contribution in [-0.4, -0.2) is 41.8 Å². The Kier molecular flexibility index (Phi) is 8.05. The number of ether oxygens (including phenoxy) is 1. The first-order chi connectivity index (χ1) is 15.6. The number of amides is 3. The van der Waals surface area contributed by atoms with Gasteiger partial charge >= 0.3 is 12.1 Å². The van der Waals surface area contributed by atoms with Crippen molar-refractivity contribution in [2.45, 2.75) is 65.5 Å². The van der Waals surface area contributed by atoms with E-state index in [1.807, 2.05) is 36.4 Å². The first-order valence-electron chi connectivity index (χ1n) is 11.6. The number of fused-ring (bicyclic) bond motifs is 1. The highest BCUT2D eigenvalue weighted by Gasteiger charge is 2.36. The van der Waals surface area contributed by atoms with Crippen LogP contribution in [0, 0.1) is 0 Å². The number of benzene rings is 2. The van der Waals surface area contributed by atoms with Gasteiger partial charge in [0.1, 0.15) is 5.60 Å². The molecule has 0 heterocycles. The summed E-state index contributed by atoms with van der Waals surface area (Å²) in [6.07, 6.45) is 1.45. The van der Waals surface area contributed by atoms with Gasteiger partial charge in [0.15, 0.2) is 0 Å². The van der Waals surface area contributed by atoms with Crippen LogP contribution in [0.5, 0.6) is 0 Å². The van der Waals surface area contributed by atoms with E-state index < -0.39 is 17.7 Å². The first kappa shape index (κ1) is 25.1. The number of hydrogen-bond acceptors (Lipinski definition) is 4. The molecule has 2 aromatic carbocycles. The van der Waals surface area contributed by atoms with Crippen LogP contribution in [0.4, 0.5) is 21.0 Å². The van der Waals surface area contributed by atoms with Crippen LogP contribution < -0.4 is 10.2 Å². The fourth-order valence-electron chi connectivity index (χ4n) is 4.18. The Balaban J connectivity index is 1.83. The molecule has 178 valence electrons. The zero-order chi connectivity index (χ0) is 24.2. The third kappa shape index (κ3) is 6.28. The Hall–Kier alpha value is -2.54. The topological polar surface area (TPSA) is 61.9 Å². The summed E-state index contributed by atoms with van der Waals surface area (Å²) < 4.78 is 6.62. The zero-order valence-corrected chi connectivity index (χ0v) is 21.7. The first-order valence-corrected chi connectivity index (χ1v) is 12.4. The molecular weight excluding hydrogens is 482 g/mol. The van der Waals surface area contributed by atoms with Crippen LogP contribution in [0.1, 0.15) is 52.2 Å². The number of carbonyl (C=O) groups excluding carboxylic acids is 2. The van der Waals surface area contributed by atoms with Crippen LogP contribution in [0.15, 0.2) is 46.9 Å². The minimum Gasteiger partial charge on any atom is -0.443 e. The number of aryl methyl sites for hydroxylation is 1. The normalized spacial score (nSPS) is 15.4. The number of nitrogens with one attached hydrogen (secondary N) is 1. The minimum atomic E-state index is -0.700. The van der Waals surface area contributed by atoms with Crippen LogP contribution in [0.3, 0.4) is 0 Å². The fourth-order valence-corrected chi connectivity index (χ4v) is 4.75. The molecule has 1 aliphatic rings. The smallest absolute Gasteiger partial charge is 0.418 e. The Labute approximate surface area is 205 Å². The predicted octanol–water partition coefficient (Wildman–Crippen LogP) is 6.62. The predicted molar refractivity (Wildman–Crippen MR) is 137 cm³/mol. The van der Waals surface area contributed by atoms with E-state index in [-0.39, 0.29) is 6.04 Å². The Bertz CT molecular complexity index is 981. The maximum absolute atomic E-state index is 13.4. The summed E-state index contributed by atoms with van der Waals surface area (Å²) in [6, 6.07) is 13.0. The van der Waals surface area contributed by atoms with Gasteiger partial charge in [-0.2, -0.15) is 0 Å². The molecule has 0 aromatic heterocycles. The van der Waals surface area contributed by atoms with E-state index in [2.05, 4.69) is 46.1 Å². The number of nitrogens with zero attached hydrogens (tertiary/aromatic N) is 2. The number of urea groups is 1. The molecule has 6 nitrogen and oxygen atoms in total. The lowest BCUT2D eigenvalue weighted by Gasteiger charge is -2.35. The van der Waals surface area contributed by atoms with Gasteiger partial charge in [0.05, 0.1) is 0 Å². The molecule has 1 aliphatic carbocycles. The molecule has 0 aliphatic heterocycles. The van der Waals surface area contributed by atoms with E-state index in [0.29, 0.717) is 18.5 Å². The average molecular weight is 516 g/mol. The molecule has 0 fully saturated rings. The van der Waals surface area contributed by atoms with Crippen molar-refractivity contribution < 1.29 is 14.3 Å². The highest BCUT2D eigenvalue weighted by molar-refractivity contribution is 9.10. The largest absolute Gasteiger partial charge is 0.443 e. The highest BCUT2D eigenvalue weighted by atomic mass is 79.9. The summed E-state index contributed by atoms with van der Waals surface area (Å²) in [6.45, 7) is 11.5. The molecule has 7 heteroatoms. The summed E-state index contributed by atoms with van der Waals surface area (Å²) in [5, 5.41) is 2.90. The summed E-state index contributed by atoms with van der Waals surface area (Å²) >= 11 is 3.63. The number of imide groups is 1. The van der Waals surface area contributed by atoms with Crippen molar-refractivity contribution >= 4 is 39.4 Å². The molecule has 0 spiro atoms. The maximum atomic E-state index is 13.4. The third-order valence-corrected chi connectivity index (χ3v) is 6.57. The van der Waals surface area contributed by atoms with Crippen molar-refractivity contribution in [2.75, 3.05) is 23.3 Å². The zero-order valence-electron chi connectivity index (χ0n) is 20.2. The maximum Gasteiger partial charge on any atom is 0.418 e. The number of halogens is 1. The van der Waals surface area contributed by atoms with E-state index in [1.54, 1.807) is 20.8 Å². The van der Waals surface area contributed by atoms with Crippen molar-refractivity contribution in [1.29, 1.82) is 0 Å². The summed E-state index contributed by atoms with van der Waals surface area (Å²) in [5.41, 5.74) is 3.42. The van der Waals surface area contributed by atoms with Gasteiger partial charge in [-0.25, -0.2) is 14.5 Å². The third-order valence-electron chi connectivity index (χ3n) is 5.82. The van der Waals surface area contributed by atoms with Crippen LogP contribution >= 0.6 is 15.9 Å². The molecule has 3 amide bonds. The Morgan fingerprint density at radius 1 is 1.09 bits per heavy atom. The standard InChI is InChI=1S/C26H34BrN3O3/c1-6-29(7-2)20-15-12-19(13-16-20)28-24(31)30(25(32)33-26(3,4)5)21-14-11-18-9-8-10-23(27)22(18)17-21/h8-10,12-13,15-16,21H,6-7,11,14,17H2,1-5H3,(H,28,31). The molecule has 1 unspecified atom stereocenters. The SMILES string of the molecule is CCN(CC)c1ccc(NC(=O)N(C(=O)OC(C)(C)C)C2CCc3cccc(Br)c3C2)cc1. The number of carbonyl (C=O) groups is 2. The van der Waals surface area contributed by atoms with E-state index in [9.17, 15) is 9.59 Å². The second-order valence-electron chi connectivity index (χ2n) is 9.27. The molecule has 1 atom stereocenters. The van der Waals surface area contributed by atoms with Gasteiger partial charge in [-0.3, -0.25) is 0 Å². The molecule has 2 aromatic rings. The highest BCUT2D eigenvalue weighted by Crippen LogP contribution is 2.31. The van der Waals surface area contributed by atoms with Crippen LogP contribution in [0.25, 0.3) is 0 Å². The van der Waals surface area contributed by atoms with Crippen LogP contribution in [0.2, 0.25) is 0 Å². The molecule has 1 N–H and O–H groups in total. The van der Waals surface area contributed by atoms with Gasteiger partial charge in [0.25, 0.3) is 0 Å². The van der Waals surface area contributed by atoms with Gasteiger partial charge in [0, 0.05) is 35.0 Å². The molecule has 0 saturated heterocycles. The van der Waals surface area contributed by atoms with Gasteiger partial charge in [-0.05, 0) is 95.3 Å². The van der Waals surface area contributed by atoms with Gasteiger partial charge in [0.2, 0.25) is 0 Å². The van der Waals surface area contributed by atoms with E-state index in [0.717, 1.165) is 35.2 Å². The van der Waals surface area contributed by atoms with Gasteiger partial charge in [-0.15, -0.1) is 0 Å². The van der Waals surface area contributed by atoms with Crippen molar-refractivity contribution in [3.8, 4) is 0 Å². The molecular formula is C26H34BrN3O3. The Morgan fingerprint density at radius 2 is 1.76 bits per heavy atom. The fraction of sp³-hybridized carbons (Fsp3) is 0.462. The Morgan fingerprint density at radius 3 is 2.36 bits per heavy atom. The molecule has 0 bridgehead atoms.